The molecule has 2 rings (SSSR count). The van der Waals surface area contributed by atoms with E-state index < -0.39 is 11.6 Å². The Hall–Kier alpha value is -1.32. The first-order valence-electron chi connectivity index (χ1n) is 5.10. The fraction of sp³-hybridized carbons (Fsp3) is 0.455. The molecule has 1 unspecified atom stereocenters. The van der Waals surface area contributed by atoms with Crippen molar-refractivity contribution in [1.29, 1.82) is 0 Å². The Kier molecular flexibility index (Phi) is 2.50. The largest absolute Gasteiger partial charge is 0.395 e. The summed E-state index contributed by atoms with van der Waals surface area (Å²) in [4.78, 5) is 1.96. The first-order valence-corrected chi connectivity index (χ1v) is 5.10. The Morgan fingerprint density at radius 1 is 1.40 bits per heavy atom. The molecule has 0 saturated carbocycles. The number of nitrogens with two attached hydrogens (primary N) is 1. The lowest BCUT2D eigenvalue weighted by Crippen LogP contribution is -2.27. The summed E-state index contributed by atoms with van der Waals surface area (Å²) in [5.74, 6) is -1.25. The van der Waals surface area contributed by atoms with Crippen LogP contribution >= 0.6 is 0 Å². The Bertz CT molecular complexity index is 379. The van der Waals surface area contributed by atoms with Crippen LogP contribution in [-0.4, -0.2) is 12.6 Å². The molecule has 0 aliphatic carbocycles. The molecule has 1 aromatic rings. The summed E-state index contributed by atoms with van der Waals surface area (Å²) in [5.41, 5.74) is 6.14. The smallest absolute Gasteiger partial charge is 0.151 e. The molecule has 1 atom stereocenters. The molecule has 0 spiro atoms. The third-order valence-corrected chi connectivity index (χ3v) is 2.93. The molecule has 1 heterocycles. The van der Waals surface area contributed by atoms with E-state index in [1.807, 2.05) is 11.8 Å². The topological polar surface area (TPSA) is 29.3 Å². The number of nitrogens with zero attached hydrogens (tertiary/aromatic N) is 1. The zero-order valence-corrected chi connectivity index (χ0v) is 8.63. The van der Waals surface area contributed by atoms with Crippen molar-refractivity contribution in [1.82, 2.24) is 0 Å². The van der Waals surface area contributed by atoms with E-state index in [-0.39, 0.29) is 5.69 Å². The fourth-order valence-corrected chi connectivity index (χ4v) is 2.10. The number of anilines is 2. The molecule has 1 saturated heterocycles. The maximum Gasteiger partial charge on any atom is 0.151 e. The Morgan fingerprint density at radius 3 is 2.73 bits per heavy atom. The van der Waals surface area contributed by atoms with Gasteiger partial charge in [0.25, 0.3) is 0 Å². The molecular weight excluding hydrogens is 198 g/mol. The van der Waals surface area contributed by atoms with Crippen molar-refractivity contribution in [3.05, 3.63) is 23.8 Å². The van der Waals surface area contributed by atoms with Gasteiger partial charge >= 0.3 is 0 Å². The second-order valence-electron chi connectivity index (χ2n) is 4.01. The van der Waals surface area contributed by atoms with E-state index in [1.165, 1.54) is 6.07 Å². The fourth-order valence-electron chi connectivity index (χ4n) is 2.10. The van der Waals surface area contributed by atoms with Gasteiger partial charge in [-0.2, -0.15) is 0 Å². The van der Waals surface area contributed by atoms with E-state index >= 15 is 0 Å². The summed E-state index contributed by atoms with van der Waals surface area (Å²) >= 11 is 0. The summed E-state index contributed by atoms with van der Waals surface area (Å²) < 4.78 is 26.3. The van der Waals surface area contributed by atoms with E-state index in [4.69, 9.17) is 5.73 Å². The first kappa shape index (κ1) is 10.2. The van der Waals surface area contributed by atoms with E-state index in [0.717, 1.165) is 25.5 Å². The summed E-state index contributed by atoms with van der Waals surface area (Å²) in [6, 6.07) is 2.42. The van der Waals surface area contributed by atoms with Gasteiger partial charge in [0.2, 0.25) is 0 Å². The molecule has 1 aromatic carbocycles. The van der Waals surface area contributed by atoms with Crippen LogP contribution in [0.25, 0.3) is 0 Å². The molecule has 82 valence electrons. The molecule has 2 nitrogen and oxygen atoms in total. The second kappa shape index (κ2) is 3.68. The van der Waals surface area contributed by atoms with Gasteiger partial charge in [-0.25, -0.2) is 8.78 Å². The molecule has 1 aliphatic heterocycles. The first-order chi connectivity index (χ1) is 7.09. The van der Waals surface area contributed by atoms with Crippen LogP contribution in [0, 0.1) is 11.6 Å². The number of benzene rings is 1. The van der Waals surface area contributed by atoms with Gasteiger partial charge in [0.1, 0.15) is 5.82 Å². The van der Waals surface area contributed by atoms with Crippen LogP contribution in [0.1, 0.15) is 19.8 Å². The summed E-state index contributed by atoms with van der Waals surface area (Å²) in [6.07, 6.45) is 2.08. The molecule has 4 heteroatoms. The Morgan fingerprint density at radius 2 is 2.13 bits per heavy atom. The van der Waals surface area contributed by atoms with Crippen molar-refractivity contribution < 1.29 is 8.78 Å². The van der Waals surface area contributed by atoms with Gasteiger partial charge in [-0.1, -0.05) is 0 Å². The lowest BCUT2D eigenvalue weighted by atomic mass is 10.2. The maximum atomic E-state index is 13.2. The third-order valence-electron chi connectivity index (χ3n) is 2.93. The second-order valence-corrected chi connectivity index (χ2v) is 4.01. The standard InChI is InChI=1S/C11H14F2N2/c1-7-3-2-4-15(7)10-6-8(12)5-9(13)11(10)14/h5-7H,2-4,14H2,1H3. The lowest BCUT2D eigenvalue weighted by molar-refractivity contribution is 0.584. The van der Waals surface area contributed by atoms with Crippen molar-refractivity contribution in [2.45, 2.75) is 25.8 Å². The highest BCUT2D eigenvalue weighted by Crippen LogP contribution is 2.32. The van der Waals surface area contributed by atoms with Crippen LogP contribution < -0.4 is 10.6 Å². The number of hydrogen-bond acceptors (Lipinski definition) is 2. The highest BCUT2D eigenvalue weighted by atomic mass is 19.1. The number of nitrogen functional groups attached to an aromatic ring is 1. The predicted molar refractivity (Wildman–Crippen MR) is 56.8 cm³/mol. The average Bonchev–Trinajstić information content (AvgIpc) is 2.58. The van der Waals surface area contributed by atoms with Gasteiger partial charge in [-0.3, -0.25) is 0 Å². The van der Waals surface area contributed by atoms with Crippen molar-refractivity contribution in [2.24, 2.45) is 0 Å². The van der Waals surface area contributed by atoms with E-state index in [9.17, 15) is 8.78 Å². The predicted octanol–water partition coefficient (Wildman–Crippen LogP) is 2.54. The van der Waals surface area contributed by atoms with Gasteiger partial charge in [0, 0.05) is 18.7 Å². The minimum atomic E-state index is -0.677. The molecule has 1 fully saturated rings. The van der Waals surface area contributed by atoms with Crippen LogP contribution in [-0.2, 0) is 0 Å². The van der Waals surface area contributed by atoms with Crippen molar-refractivity contribution in [3.8, 4) is 0 Å². The van der Waals surface area contributed by atoms with Crippen LogP contribution in [0.3, 0.4) is 0 Å². The molecule has 0 amide bonds. The van der Waals surface area contributed by atoms with Crippen LogP contribution in [0.15, 0.2) is 12.1 Å². The van der Waals surface area contributed by atoms with Crippen molar-refractivity contribution in [2.75, 3.05) is 17.2 Å². The molecule has 0 bridgehead atoms. The third kappa shape index (κ3) is 1.76. The van der Waals surface area contributed by atoms with Gasteiger partial charge in [0.05, 0.1) is 11.4 Å². The summed E-state index contributed by atoms with van der Waals surface area (Å²) in [6.45, 7) is 2.85. The monoisotopic (exact) mass is 212 g/mol. The normalized spacial score (nSPS) is 21.0. The Balaban J connectivity index is 2.42. The summed E-state index contributed by atoms with van der Waals surface area (Å²) in [5, 5.41) is 0. The highest BCUT2D eigenvalue weighted by Gasteiger charge is 2.23. The van der Waals surface area contributed by atoms with Crippen LogP contribution in [0.5, 0.6) is 0 Å². The molecule has 2 N–H and O–H groups in total. The molecular formula is C11H14F2N2. The number of halogens is 2. The maximum absolute atomic E-state index is 13.2. The Labute approximate surface area is 87.7 Å². The van der Waals surface area contributed by atoms with Gasteiger partial charge in [-0.05, 0) is 25.8 Å². The van der Waals surface area contributed by atoms with Crippen molar-refractivity contribution in [3.63, 3.8) is 0 Å². The van der Waals surface area contributed by atoms with Gasteiger partial charge in [0.15, 0.2) is 5.82 Å². The zero-order chi connectivity index (χ0) is 11.0. The molecule has 0 radical (unpaired) electrons. The molecule has 0 aromatic heterocycles. The van der Waals surface area contributed by atoms with Crippen LogP contribution in [0.2, 0.25) is 0 Å². The van der Waals surface area contributed by atoms with E-state index in [0.29, 0.717) is 11.7 Å². The lowest BCUT2D eigenvalue weighted by Gasteiger charge is -2.25. The van der Waals surface area contributed by atoms with E-state index in [2.05, 4.69) is 0 Å². The molecule has 15 heavy (non-hydrogen) atoms. The number of hydrogen-bond donors (Lipinski definition) is 1. The quantitative estimate of drug-likeness (QED) is 0.725. The van der Waals surface area contributed by atoms with Gasteiger partial charge in [-0.15, -0.1) is 0 Å². The average molecular weight is 212 g/mol. The SMILES string of the molecule is CC1CCCN1c1cc(F)cc(F)c1N. The molecule has 1 aliphatic rings. The van der Waals surface area contributed by atoms with Gasteiger partial charge < -0.3 is 10.6 Å². The minimum Gasteiger partial charge on any atom is -0.395 e. The van der Waals surface area contributed by atoms with Crippen molar-refractivity contribution >= 4 is 11.4 Å². The number of rotatable bonds is 1. The van der Waals surface area contributed by atoms with E-state index in [1.54, 1.807) is 0 Å². The highest BCUT2D eigenvalue weighted by molar-refractivity contribution is 5.69. The zero-order valence-electron chi connectivity index (χ0n) is 8.63. The minimum absolute atomic E-state index is 0.0464. The van der Waals surface area contributed by atoms with Crippen LogP contribution in [0.4, 0.5) is 20.2 Å². The summed E-state index contributed by atoms with van der Waals surface area (Å²) in [7, 11) is 0.